The summed E-state index contributed by atoms with van der Waals surface area (Å²) in [6.07, 6.45) is 1.05. The Bertz CT molecular complexity index is 739. The molecule has 1 amide bonds. The summed E-state index contributed by atoms with van der Waals surface area (Å²) in [4.78, 5) is 18.0. The first-order chi connectivity index (χ1) is 10.3. The van der Waals surface area contributed by atoms with Gasteiger partial charge in [-0.15, -0.1) is 0 Å². The lowest BCUT2D eigenvalue weighted by molar-refractivity contribution is -0.138. The minimum Gasteiger partial charge on any atom is -0.378 e. The van der Waals surface area contributed by atoms with Crippen molar-refractivity contribution in [3.8, 4) is 0 Å². The molecule has 2 aromatic carbocycles. The molecular weight excluding hydrogens is 264 g/mol. The molecule has 4 heteroatoms. The fourth-order valence-electron chi connectivity index (χ4n) is 2.90. The van der Waals surface area contributed by atoms with E-state index in [4.69, 9.17) is 4.84 Å². The molecule has 0 saturated heterocycles. The van der Waals surface area contributed by atoms with Gasteiger partial charge in [0.15, 0.2) is 0 Å². The van der Waals surface area contributed by atoms with Crippen LogP contribution in [0.2, 0.25) is 0 Å². The van der Waals surface area contributed by atoms with E-state index in [1.165, 1.54) is 0 Å². The molecule has 1 N–H and O–H groups in total. The Morgan fingerprint density at radius 2 is 1.76 bits per heavy atom. The molecule has 2 aliphatic rings. The standard InChI is InChI=1S/C17H14N2O2/c20-16-17(10-13-8-4-5-9-14(13)18-16)11-15(19-21-17)12-6-2-1-3-7-12/h1-9H,10-11H2,(H,18,20). The molecule has 4 rings (SSSR count). The van der Waals surface area contributed by atoms with Gasteiger partial charge < -0.3 is 10.2 Å². The first kappa shape index (κ1) is 12.1. The highest BCUT2D eigenvalue weighted by molar-refractivity contribution is 6.09. The summed E-state index contributed by atoms with van der Waals surface area (Å²) in [5.74, 6) is -0.115. The van der Waals surface area contributed by atoms with Gasteiger partial charge in [-0.1, -0.05) is 53.7 Å². The Hall–Kier alpha value is -2.62. The van der Waals surface area contributed by atoms with Crippen LogP contribution < -0.4 is 5.32 Å². The summed E-state index contributed by atoms with van der Waals surface area (Å²) in [6, 6.07) is 17.6. The summed E-state index contributed by atoms with van der Waals surface area (Å²) in [5, 5.41) is 7.09. The van der Waals surface area contributed by atoms with Crippen LogP contribution >= 0.6 is 0 Å². The van der Waals surface area contributed by atoms with Crippen molar-refractivity contribution in [1.29, 1.82) is 0 Å². The van der Waals surface area contributed by atoms with Crippen LogP contribution in [0.3, 0.4) is 0 Å². The van der Waals surface area contributed by atoms with E-state index in [-0.39, 0.29) is 5.91 Å². The van der Waals surface area contributed by atoms with E-state index in [0.29, 0.717) is 12.8 Å². The smallest absolute Gasteiger partial charge is 0.272 e. The predicted octanol–water partition coefficient (Wildman–Crippen LogP) is 2.74. The zero-order valence-corrected chi connectivity index (χ0v) is 11.4. The molecule has 1 spiro atoms. The van der Waals surface area contributed by atoms with E-state index in [1.54, 1.807) is 0 Å². The quantitative estimate of drug-likeness (QED) is 0.872. The zero-order valence-electron chi connectivity index (χ0n) is 11.4. The van der Waals surface area contributed by atoms with E-state index >= 15 is 0 Å². The largest absolute Gasteiger partial charge is 0.378 e. The minimum atomic E-state index is -0.903. The molecule has 0 fully saturated rings. The Balaban J connectivity index is 1.65. The molecule has 0 aliphatic carbocycles. The van der Waals surface area contributed by atoms with Crippen molar-refractivity contribution in [2.75, 3.05) is 5.32 Å². The van der Waals surface area contributed by atoms with Gasteiger partial charge in [-0.05, 0) is 17.2 Å². The number of nitrogens with zero attached hydrogens (tertiary/aromatic N) is 1. The summed E-state index contributed by atoms with van der Waals surface area (Å²) in [5.41, 5.74) is 2.87. The van der Waals surface area contributed by atoms with E-state index in [0.717, 1.165) is 22.5 Å². The number of fused-ring (bicyclic) bond motifs is 1. The van der Waals surface area contributed by atoms with Crippen LogP contribution in [0.5, 0.6) is 0 Å². The van der Waals surface area contributed by atoms with Gasteiger partial charge in [0.1, 0.15) is 0 Å². The number of nitrogens with one attached hydrogen (secondary N) is 1. The monoisotopic (exact) mass is 278 g/mol. The van der Waals surface area contributed by atoms with Gasteiger partial charge in [-0.3, -0.25) is 4.79 Å². The summed E-state index contributed by atoms with van der Waals surface area (Å²) in [7, 11) is 0. The highest BCUT2D eigenvalue weighted by atomic mass is 16.7. The van der Waals surface area contributed by atoms with Crippen LogP contribution in [0, 0.1) is 0 Å². The summed E-state index contributed by atoms with van der Waals surface area (Å²) < 4.78 is 0. The number of carbonyl (C=O) groups is 1. The van der Waals surface area contributed by atoms with Crippen LogP contribution in [0.25, 0.3) is 0 Å². The van der Waals surface area contributed by atoms with Crippen LogP contribution in [-0.4, -0.2) is 17.2 Å². The van der Waals surface area contributed by atoms with Crippen molar-refractivity contribution in [3.05, 3.63) is 65.7 Å². The number of rotatable bonds is 1. The van der Waals surface area contributed by atoms with Gasteiger partial charge in [-0.25, -0.2) is 0 Å². The van der Waals surface area contributed by atoms with Gasteiger partial charge in [0.25, 0.3) is 5.91 Å². The second-order valence-electron chi connectivity index (χ2n) is 5.45. The Labute approximate surface area is 122 Å². The number of carbonyl (C=O) groups excluding carboxylic acids is 1. The van der Waals surface area contributed by atoms with Crippen LogP contribution in [-0.2, 0) is 16.1 Å². The van der Waals surface area contributed by atoms with Crippen molar-refractivity contribution in [2.24, 2.45) is 5.16 Å². The van der Waals surface area contributed by atoms with Crippen molar-refractivity contribution in [3.63, 3.8) is 0 Å². The molecule has 2 aliphatic heterocycles. The van der Waals surface area contributed by atoms with Crippen molar-refractivity contribution in [2.45, 2.75) is 18.4 Å². The number of oxime groups is 1. The molecule has 1 atom stereocenters. The third kappa shape index (κ3) is 1.91. The third-order valence-corrected chi connectivity index (χ3v) is 4.05. The lowest BCUT2D eigenvalue weighted by Gasteiger charge is -2.31. The topological polar surface area (TPSA) is 50.7 Å². The second kappa shape index (κ2) is 4.45. The van der Waals surface area contributed by atoms with Crippen LogP contribution in [0.15, 0.2) is 59.8 Å². The molecule has 1 unspecified atom stereocenters. The van der Waals surface area contributed by atoms with Crippen molar-refractivity contribution >= 4 is 17.3 Å². The molecule has 0 radical (unpaired) electrons. The number of hydrogen-bond acceptors (Lipinski definition) is 3. The van der Waals surface area contributed by atoms with Crippen molar-refractivity contribution < 1.29 is 9.63 Å². The number of anilines is 1. The lowest BCUT2D eigenvalue weighted by atomic mass is 9.84. The van der Waals surface area contributed by atoms with Gasteiger partial charge in [0, 0.05) is 18.5 Å². The Morgan fingerprint density at radius 1 is 1.00 bits per heavy atom. The van der Waals surface area contributed by atoms with Gasteiger partial charge in [0.2, 0.25) is 5.60 Å². The lowest BCUT2D eigenvalue weighted by Crippen LogP contribution is -2.48. The van der Waals surface area contributed by atoms with Crippen LogP contribution in [0.1, 0.15) is 17.5 Å². The molecule has 0 bridgehead atoms. The van der Waals surface area contributed by atoms with E-state index < -0.39 is 5.60 Å². The molecule has 0 aromatic heterocycles. The maximum Gasteiger partial charge on any atom is 0.272 e. The molecule has 4 nitrogen and oxygen atoms in total. The van der Waals surface area contributed by atoms with Crippen LogP contribution in [0.4, 0.5) is 5.69 Å². The van der Waals surface area contributed by atoms with Gasteiger partial charge in [-0.2, -0.15) is 0 Å². The maximum atomic E-state index is 12.4. The zero-order chi connectivity index (χ0) is 14.3. The molecule has 2 heterocycles. The van der Waals surface area contributed by atoms with E-state index in [9.17, 15) is 4.79 Å². The minimum absolute atomic E-state index is 0.115. The average molecular weight is 278 g/mol. The first-order valence-electron chi connectivity index (χ1n) is 6.97. The molecule has 21 heavy (non-hydrogen) atoms. The first-order valence-corrected chi connectivity index (χ1v) is 6.97. The maximum absolute atomic E-state index is 12.4. The third-order valence-electron chi connectivity index (χ3n) is 4.05. The number of para-hydroxylation sites is 1. The highest BCUT2D eigenvalue weighted by Crippen LogP contribution is 2.37. The average Bonchev–Trinajstić information content (AvgIpc) is 2.95. The number of benzene rings is 2. The normalized spacial score (nSPS) is 23.2. The van der Waals surface area contributed by atoms with E-state index in [1.807, 2.05) is 54.6 Å². The number of amides is 1. The van der Waals surface area contributed by atoms with Crippen molar-refractivity contribution in [1.82, 2.24) is 0 Å². The Morgan fingerprint density at radius 3 is 2.62 bits per heavy atom. The fourth-order valence-corrected chi connectivity index (χ4v) is 2.90. The molecular formula is C17H14N2O2. The van der Waals surface area contributed by atoms with Gasteiger partial charge in [0.05, 0.1) is 5.71 Å². The second-order valence-corrected chi connectivity index (χ2v) is 5.45. The molecule has 104 valence electrons. The summed E-state index contributed by atoms with van der Waals surface area (Å²) in [6.45, 7) is 0. The predicted molar refractivity (Wildman–Crippen MR) is 80.2 cm³/mol. The SMILES string of the molecule is O=C1Nc2ccccc2CC12CC(c1ccccc1)=NO2. The van der Waals surface area contributed by atoms with E-state index in [2.05, 4.69) is 10.5 Å². The fraction of sp³-hybridized carbons (Fsp3) is 0.176. The summed E-state index contributed by atoms with van der Waals surface area (Å²) >= 11 is 0. The van der Waals surface area contributed by atoms with Gasteiger partial charge >= 0.3 is 0 Å². The highest BCUT2D eigenvalue weighted by Gasteiger charge is 2.49. The molecule has 0 saturated carbocycles. The number of hydrogen-bond donors (Lipinski definition) is 1. The molecule has 2 aromatic rings. The Kier molecular flexibility index (Phi) is 2.57.